The number of hydrogen-bond acceptors (Lipinski definition) is 8. The summed E-state index contributed by atoms with van der Waals surface area (Å²) in [5.41, 5.74) is -7.63. The van der Waals surface area contributed by atoms with Crippen molar-refractivity contribution in [1.82, 2.24) is 0 Å². The van der Waals surface area contributed by atoms with Crippen LogP contribution >= 0.6 is 15.2 Å². The maximum Gasteiger partial charge on any atom is 0.404 e. The van der Waals surface area contributed by atoms with Gasteiger partial charge in [-0.15, -0.1) is 0 Å². The maximum atomic E-state index is 15.0. The predicted molar refractivity (Wildman–Crippen MR) is 157 cm³/mol. The lowest BCUT2D eigenvalue weighted by Crippen LogP contribution is -2.18. The van der Waals surface area contributed by atoms with Crippen LogP contribution in [0.1, 0.15) is 49.9 Å². The predicted octanol–water partition coefficient (Wildman–Crippen LogP) is 9.48. The summed E-state index contributed by atoms with van der Waals surface area (Å²) in [7, 11) is -9.46. The van der Waals surface area contributed by atoms with Gasteiger partial charge in [-0.1, -0.05) is 60.7 Å². The lowest BCUT2D eigenvalue weighted by atomic mass is 10.1. The van der Waals surface area contributed by atoms with Gasteiger partial charge in [-0.25, -0.2) is 0 Å². The lowest BCUT2D eigenvalue weighted by Gasteiger charge is -2.26. The fourth-order valence-corrected chi connectivity index (χ4v) is 7.10. The molecule has 0 spiro atoms. The molecular formula is C30H36F4O8P2. The van der Waals surface area contributed by atoms with E-state index in [0.717, 1.165) is 24.3 Å². The Morgan fingerprint density at radius 2 is 0.818 bits per heavy atom. The van der Waals surface area contributed by atoms with E-state index in [9.17, 15) is 9.13 Å². The van der Waals surface area contributed by atoms with Crippen LogP contribution in [-0.4, -0.2) is 26.4 Å². The molecule has 0 bridgehead atoms. The van der Waals surface area contributed by atoms with E-state index in [1.807, 2.05) is 0 Å². The molecule has 3 aromatic carbocycles. The van der Waals surface area contributed by atoms with E-state index >= 15 is 17.6 Å². The minimum absolute atomic E-state index is 0.00427. The third-order valence-electron chi connectivity index (χ3n) is 6.12. The summed E-state index contributed by atoms with van der Waals surface area (Å²) in [6.07, 6.45) is 0. The zero-order valence-electron chi connectivity index (χ0n) is 24.8. The summed E-state index contributed by atoms with van der Waals surface area (Å²) >= 11 is 0. The second kappa shape index (κ2) is 15.5. The second-order valence-electron chi connectivity index (χ2n) is 9.17. The molecule has 242 valence electrons. The largest absolute Gasteiger partial charge is 0.485 e. The molecule has 0 aliphatic carbocycles. The van der Waals surface area contributed by atoms with Gasteiger partial charge in [-0.2, -0.15) is 17.6 Å². The zero-order valence-corrected chi connectivity index (χ0v) is 26.6. The highest BCUT2D eigenvalue weighted by Gasteiger charge is 2.55. The third-order valence-corrected chi connectivity index (χ3v) is 10.4. The first-order valence-corrected chi connectivity index (χ1v) is 17.0. The van der Waals surface area contributed by atoms with Crippen molar-refractivity contribution >= 4 is 15.2 Å². The van der Waals surface area contributed by atoms with Gasteiger partial charge in [-0.3, -0.25) is 9.13 Å². The zero-order chi connectivity index (χ0) is 32.4. The fourth-order valence-electron chi connectivity index (χ4n) is 4.01. The molecule has 0 saturated heterocycles. The Hall–Kier alpha value is -2.72. The second-order valence-corrected chi connectivity index (χ2v) is 13.3. The summed E-state index contributed by atoms with van der Waals surface area (Å²) < 4.78 is 116. The van der Waals surface area contributed by atoms with Crippen LogP contribution in [0.4, 0.5) is 17.6 Å². The Bertz CT molecular complexity index is 1310. The Kier molecular flexibility index (Phi) is 12.6. The molecule has 0 unspecified atom stereocenters. The minimum Gasteiger partial charge on any atom is -0.485 e. The fraction of sp³-hybridized carbons (Fsp3) is 0.400. The monoisotopic (exact) mass is 662 g/mol. The van der Waals surface area contributed by atoms with Crippen molar-refractivity contribution in [3.05, 3.63) is 95.1 Å². The van der Waals surface area contributed by atoms with E-state index in [1.165, 1.54) is 52.0 Å². The van der Waals surface area contributed by atoms with Crippen LogP contribution in [0, 0.1) is 0 Å². The third kappa shape index (κ3) is 8.10. The summed E-state index contributed by atoms with van der Waals surface area (Å²) in [6.45, 7) is 5.02. The average Bonchev–Trinajstić information content (AvgIpc) is 3.00. The molecule has 8 nitrogen and oxygen atoms in total. The summed E-state index contributed by atoms with van der Waals surface area (Å²) in [4.78, 5) is 0. The number of para-hydroxylation sites is 2. The van der Waals surface area contributed by atoms with E-state index < -0.39 is 37.6 Å². The van der Waals surface area contributed by atoms with E-state index in [0.29, 0.717) is 22.6 Å². The first-order chi connectivity index (χ1) is 20.9. The molecular weight excluding hydrogens is 626 g/mol. The molecule has 3 aromatic rings. The molecule has 0 aliphatic heterocycles. The van der Waals surface area contributed by atoms with Gasteiger partial charge in [-0.05, 0) is 51.0 Å². The highest BCUT2D eigenvalue weighted by atomic mass is 31.2. The van der Waals surface area contributed by atoms with Crippen molar-refractivity contribution < 1.29 is 54.3 Å². The van der Waals surface area contributed by atoms with Crippen molar-refractivity contribution in [3.63, 3.8) is 0 Å². The van der Waals surface area contributed by atoms with Crippen LogP contribution in [0.2, 0.25) is 0 Å². The van der Waals surface area contributed by atoms with Crippen LogP contribution in [0.3, 0.4) is 0 Å². The smallest absolute Gasteiger partial charge is 0.404 e. The highest BCUT2D eigenvalue weighted by Crippen LogP contribution is 2.67. The van der Waals surface area contributed by atoms with Crippen LogP contribution in [0.15, 0.2) is 72.8 Å². The summed E-state index contributed by atoms with van der Waals surface area (Å²) in [5, 5.41) is 0. The quantitative estimate of drug-likeness (QED) is 0.0983. The Morgan fingerprint density at radius 3 is 1.09 bits per heavy atom. The Morgan fingerprint density at radius 1 is 0.523 bits per heavy atom. The van der Waals surface area contributed by atoms with Gasteiger partial charge < -0.3 is 27.6 Å². The highest BCUT2D eigenvalue weighted by molar-refractivity contribution is 7.55. The number of halogens is 4. The molecule has 0 atom stereocenters. The molecule has 0 heterocycles. The molecule has 0 fully saturated rings. The molecule has 3 rings (SSSR count). The molecule has 0 amide bonds. The van der Waals surface area contributed by atoms with Crippen molar-refractivity contribution in [3.8, 4) is 11.5 Å². The molecule has 14 heteroatoms. The van der Waals surface area contributed by atoms with Crippen LogP contribution in [-0.2, 0) is 51.8 Å². The van der Waals surface area contributed by atoms with E-state index in [-0.39, 0.29) is 39.6 Å². The molecule has 0 aromatic heterocycles. The summed E-state index contributed by atoms with van der Waals surface area (Å²) in [6, 6.07) is 17.0. The molecule has 0 aliphatic rings. The average molecular weight is 663 g/mol. The first kappa shape index (κ1) is 35.8. The van der Waals surface area contributed by atoms with Crippen LogP contribution < -0.4 is 9.47 Å². The Labute approximate surface area is 254 Å². The number of hydrogen-bond donors (Lipinski definition) is 0. The van der Waals surface area contributed by atoms with Gasteiger partial charge in [0.05, 0.1) is 26.4 Å². The molecule has 0 N–H and O–H groups in total. The van der Waals surface area contributed by atoms with Gasteiger partial charge in [0, 0.05) is 11.1 Å². The van der Waals surface area contributed by atoms with E-state index in [4.69, 9.17) is 27.6 Å². The number of rotatable bonds is 18. The van der Waals surface area contributed by atoms with Gasteiger partial charge in [0.1, 0.15) is 13.2 Å². The van der Waals surface area contributed by atoms with Crippen molar-refractivity contribution in [1.29, 1.82) is 0 Å². The minimum atomic E-state index is -4.73. The van der Waals surface area contributed by atoms with Gasteiger partial charge in [0.2, 0.25) is 0 Å². The van der Waals surface area contributed by atoms with Gasteiger partial charge in [0.25, 0.3) is 0 Å². The van der Waals surface area contributed by atoms with Crippen molar-refractivity contribution in [2.24, 2.45) is 0 Å². The lowest BCUT2D eigenvalue weighted by molar-refractivity contribution is 0.0360. The number of ether oxygens (including phenoxy) is 2. The molecule has 0 saturated carbocycles. The van der Waals surface area contributed by atoms with Crippen LogP contribution in [0.25, 0.3) is 0 Å². The van der Waals surface area contributed by atoms with E-state index in [1.54, 1.807) is 24.3 Å². The normalized spacial score (nSPS) is 12.7. The van der Waals surface area contributed by atoms with Crippen molar-refractivity contribution in [2.45, 2.75) is 52.2 Å². The maximum absolute atomic E-state index is 15.0. The number of benzene rings is 3. The Balaban J connectivity index is 1.66. The standard InChI is InChI=1S/C30H36F4O8P2/c1-5-39-43(35,40-6-2)29(31,32)25-17-13-23(14-18-25)21-37-27-11-9-10-12-28(27)38-22-24-15-19-26(20-16-24)30(33,34)44(36,41-7-3)42-8-4/h9-20H,5-8,21-22H2,1-4H3. The van der Waals surface area contributed by atoms with Gasteiger partial charge in [0.15, 0.2) is 11.5 Å². The van der Waals surface area contributed by atoms with Gasteiger partial charge >= 0.3 is 26.5 Å². The molecule has 44 heavy (non-hydrogen) atoms. The first-order valence-electron chi connectivity index (χ1n) is 13.9. The SMILES string of the molecule is CCOP(=O)(OCC)C(F)(F)c1ccc(COc2ccccc2OCc2ccc(C(F)(F)P(=O)(OCC)OCC)cc2)cc1. The van der Waals surface area contributed by atoms with Crippen molar-refractivity contribution in [2.75, 3.05) is 26.4 Å². The summed E-state index contributed by atoms with van der Waals surface area (Å²) in [5.74, 6) is 0.716. The molecule has 0 radical (unpaired) electrons. The topological polar surface area (TPSA) is 89.5 Å². The van der Waals surface area contributed by atoms with Crippen LogP contribution in [0.5, 0.6) is 11.5 Å². The number of alkyl halides is 4. The van der Waals surface area contributed by atoms with E-state index in [2.05, 4.69) is 0 Å².